The van der Waals surface area contributed by atoms with Crippen LogP contribution < -0.4 is 20.7 Å². The lowest BCUT2D eigenvalue weighted by atomic mass is 9.82. The summed E-state index contributed by atoms with van der Waals surface area (Å²) in [5.41, 5.74) is 3.78. The molecule has 0 saturated heterocycles. The van der Waals surface area contributed by atoms with Crippen LogP contribution in [0.15, 0.2) is 77.7 Å². The fourth-order valence-electron chi connectivity index (χ4n) is 6.33. The molecule has 4 N–H and O–H groups in total. The quantitative estimate of drug-likeness (QED) is 0.0886. The van der Waals surface area contributed by atoms with Crippen molar-refractivity contribution >= 4 is 56.3 Å². The number of fused-ring (bicyclic) bond motifs is 2. The van der Waals surface area contributed by atoms with Crippen LogP contribution in [-0.2, 0) is 21.5 Å². The molecule has 1 amide bonds. The van der Waals surface area contributed by atoms with Crippen LogP contribution in [0.25, 0.3) is 0 Å². The van der Waals surface area contributed by atoms with Crippen LogP contribution in [0.5, 0.6) is 11.5 Å². The van der Waals surface area contributed by atoms with Gasteiger partial charge < -0.3 is 20.7 Å². The van der Waals surface area contributed by atoms with Crippen molar-refractivity contribution in [3.8, 4) is 11.5 Å². The third-order valence-electron chi connectivity index (χ3n) is 8.71. The number of carbonyl (C=O) groups excluding carboxylic acids is 3. The maximum atomic E-state index is 13.9. The highest BCUT2D eigenvalue weighted by Crippen LogP contribution is 2.39. The van der Waals surface area contributed by atoms with Gasteiger partial charge >= 0.3 is 0 Å². The molecule has 248 valence electrons. The number of ether oxygens (including phenoxy) is 1. The van der Waals surface area contributed by atoms with Crippen molar-refractivity contribution in [1.29, 1.82) is 0 Å². The fraction of sp³-hybridized carbons (Fsp3) is 0.250. The van der Waals surface area contributed by atoms with Gasteiger partial charge in [0.05, 0.1) is 16.8 Å². The minimum Gasteiger partial charge on any atom is -0.457 e. The number of ketones is 2. The lowest BCUT2D eigenvalue weighted by Crippen LogP contribution is -2.27. The lowest BCUT2D eigenvalue weighted by Gasteiger charge is -2.28. The third kappa shape index (κ3) is 6.80. The van der Waals surface area contributed by atoms with Gasteiger partial charge in [0.15, 0.2) is 11.6 Å². The molecule has 0 radical (unpaired) electrons. The van der Waals surface area contributed by atoms with Crippen molar-refractivity contribution in [1.82, 2.24) is 5.32 Å². The van der Waals surface area contributed by atoms with E-state index >= 15 is 0 Å². The molecule has 0 heterocycles. The summed E-state index contributed by atoms with van der Waals surface area (Å²) >= 11 is 5.60. The van der Waals surface area contributed by atoms with Gasteiger partial charge in [-0.3, -0.25) is 18.9 Å². The minimum absolute atomic E-state index is 0.0136. The molecule has 0 spiro atoms. The van der Waals surface area contributed by atoms with Crippen LogP contribution in [0.4, 0.5) is 17.1 Å². The maximum absolute atomic E-state index is 13.9. The molecule has 4 aromatic carbocycles. The Bertz CT molecular complexity index is 2020. The Balaban J connectivity index is 1.31. The Kier molecular flexibility index (Phi) is 9.54. The normalized spacial score (nSPS) is 14.6. The van der Waals surface area contributed by atoms with Crippen molar-refractivity contribution in [2.45, 2.75) is 56.5 Å². The average molecular weight is 688 g/mol. The first kappa shape index (κ1) is 33.2. The van der Waals surface area contributed by atoms with Crippen LogP contribution in [0, 0.1) is 6.92 Å². The van der Waals surface area contributed by atoms with E-state index in [0.717, 1.165) is 25.7 Å². The average Bonchev–Trinajstić information content (AvgIpc) is 3.08. The molecule has 0 aromatic heterocycles. The number of hydrogen-bond donors (Lipinski definition) is 4. The molecule has 1 fully saturated rings. The Hall–Kier alpha value is -4.71. The van der Waals surface area contributed by atoms with Crippen LogP contribution in [0.1, 0.15) is 75.1 Å². The van der Waals surface area contributed by atoms with E-state index in [4.69, 9.17) is 16.3 Å². The summed E-state index contributed by atoms with van der Waals surface area (Å²) < 4.78 is 39.8. The van der Waals surface area contributed by atoms with Crippen LogP contribution >= 0.6 is 11.6 Å². The van der Waals surface area contributed by atoms with Crippen molar-refractivity contribution in [2.75, 3.05) is 16.5 Å². The number of halogens is 1. The van der Waals surface area contributed by atoms with E-state index in [2.05, 4.69) is 16.0 Å². The monoisotopic (exact) mass is 687 g/mol. The van der Waals surface area contributed by atoms with E-state index in [1.807, 2.05) is 6.07 Å². The van der Waals surface area contributed by atoms with Gasteiger partial charge in [0, 0.05) is 46.2 Å². The molecule has 6 rings (SSSR count). The largest absolute Gasteiger partial charge is 0.457 e. The standard InChI is InChI=1S/C36H34ClN3O7S/c1-21-30(48(44,45)46)18-11-22(20-38-31(41)19-37)36(21)47-25-14-12-24(13-15-25)40-29-17-16-28(39-23-7-3-2-4-8-23)32-33(29)35(43)27-10-6-5-9-26(27)34(32)42/h5-6,9-18,23,39-40H,2-4,7-8,19-20H2,1H3,(H,38,41)(H,44,45,46). The maximum Gasteiger partial charge on any atom is 0.294 e. The van der Waals surface area contributed by atoms with Gasteiger partial charge in [0.1, 0.15) is 22.3 Å². The molecule has 4 aromatic rings. The number of anilines is 3. The number of alkyl halides is 1. The summed E-state index contributed by atoms with van der Waals surface area (Å²) in [5, 5.41) is 9.48. The van der Waals surface area contributed by atoms with Gasteiger partial charge in [0.25, 0.3) is 10.1 Å². The van der Waals surface area contributed by atoms with E-state index in [1.54, 1.807) is 54.6 Å². The summed E-state index contributed by atoms with van der Waals surface area (Å²) in [5.74, 6) is -0.612. The third-order valence-corrected chi connectivity index (χ3v) is 9.95. The minimum atomic E-state index is -4.54. The molecule has 48 heavy (non-hydrogen) atoms. The summed E-state index contributed by atoms with van der Waals surface area (Å²) in [6, 6.07) is 20.2. The number of benzene rings is 4. The fourth-order valence-corrected chi connectivity index (χ4v) is 7.14. The SMILES string of the molecule is Cc1c(S(=O)(=O)O)ccc(CNC(=O)CCl)c1Oc1ccc(Nc2ccc(NC3CCCCC3)c3c2C(=O)c2ccccc2C3=O)cc1. The van der Waals surface area contributed by atoms with E-state index < -0.39 is 16.0 Å². The van der Waals surface area contributed by atoms with Crippen molar-refractivity contribution in [3.05, 3.63) is 106 Å². The molecule has 0 unspecified atom stereocenters. The van der Waals surface area contributed by atoms with Crippen molar-refractivity contribution in [2.24, 2.45) is 0 Å². The molecular formula is C36H34ClN3O7S. The first-order valence-corrected chi connectivity index (χ1v) is 17.6. The molecule has 2 aliphatic carbocycles. The smallest absolute Gasteiger partial charge is 0.294 e. The summed E-state index contributed by atoms with van der Waals surface area (Å²) in [6.45, 7) is 1.51. The number of rotatable bonds is 10. The van der Waals surface area contributed by atoms with E-state index in [-0.39, 0.29) is 46.2 Å². The highest BCUT2D eigenvalue weighted by molar-refractivity contribution is 7.85. The van der Waals surface area contributed by atoms with Gasteiger partial charge in [-0.15, -0.1) is 11.6 Å². The van der Waals surface area contributed by atoms with Crippen LogP contribution in [-0.4, -0.2) is 42.4 Å². The highest BCUT2D eigenvalue weighted by atomic mass is 35.5. The Morgan fingerprint density at radius 3 is 2.12 bits per heavy atom. The Morgan fingerprint density at radius 1 is 0.875 bits per heavy atom. The lowest BCUT2D eigenvalue weighted by molar-refractivity contribution is -0.118. The van der Waals surface area contributed by atoms with Gasteiger partial charge in [-0.1, -0.05) is 49.6 Å². The number of nitrogens with one attached hydrogen (secondary N) is 3. The molecule has 0 bridgehead atoms. The van der Waals surface area contributed by atoms with E-state index in [9.17, 15) is 27.4 Å². The Morgan fingerprint density at radius 2 is 1.50 bits per heavy atom. The number of amides is 1. The molecular weight excluding hydrogens is 654 g/mol. The zero-order valence-corrected chi connectivity index (χ0v) is 27.7. The van der Waals surface area contributed by atoms with Gasteiger partial charge in [-0.25, -0.2) is 0 Å². The predicted molar refractivity (Wildman–Crippen MR) is 184 cm³/mol. The second-order valence-electron chi connectivity index (χ2n) is 11.9. The summed E-state index contributed by atoms with van der Waals surface area (Å²) in [7, 11) is -4.54. The van der Waals surface area contributed by atoms with E-state index in [1.165, 1.54) is 25.5 Å². The molecule has 1 saturated carbocycles. The molecule has 0 aliphatic heterocycles. The summed E-state index contributed by atoms with van der Waals surface area (Å²) in [4.78, 5) is 39.2. The molecule has 2 aliphatic rings. The second kappa shape index (κ2) is 13.8. The molecule has 0 atom stereocenters. The van der Waals surface area contributed by atoms with Gasteiger partial charge in [-0.2, -0.15) is 8.42 Å². The van der Waals surface area contributed by atoms with E-state index in [0.29, 0.717) is 50.6 Å². The summed E-state index contributed by atoms with van der Waals surface area (Å²) in [6.07, 6.45) is 5.44. The number of carbonyl (C=O) groups is 3. The van der Waals surface area contributed by atoms with Gasteiger partial charge in [-0.05, 0) is 62.2 Å². The first-order chi connectivity index (χ1) is 23.0. The zero-order valence-electron chi connectivity index (χ0n) is 26.1. The predicted octanol–water partition coefficient (Wildman–Crippen LogP) is 7.15. The molecule has 12 heteroatoms. The zero-order chi connectivity index (χ0) is 34.0. The number of hydrogen-bond acceptors (Lipinski definition) is 8. The Labute approximate surface area is 283 Å². The first-order valence-electron chi connectivity index (χ1n) is 15.6. The van der Waals surface area contributed by atoms with Gasteiger partial charge in [0.2, 0.25) is 5.91 Å². The highest BCUT2D eigenvalue weighted by Gasteiger charge is 2.34. The second-order valence-corrected chi connectivity index (χ2v) is 13.6. The topological polar surface area (TPSA) is 151 Å². The van der Waals surface area contributed by atoms with Crippen molar-refractivity contribution in [3.63, 3.8) is 0 Å². The van der Waals surface area contributed by atoms with Crippen molar-refractivity contribution < 1.29 is 32.1 Å². The van der Waals surface area contributed by atoms with Crippen LogP contribution in [0.3, 0.4) is 0 Å². The van der Waals surface area contributed by atoms with Crippen LogP contribution in [0.2, 0.25) is 0 Å². The molecule has 10 nitrogen and oxygen atoms in total.